The quantitative estimate of drug-likeness (QED) is 0.787. The monoisotopic (exact) mass is 366 g/mol. The summed E-state index contributed by atoms with van der Waals surface area (Å²) in [7, 11) is 0. The lowest BCUT2D eigenvalue weighted by molar-refractivity contribution is -0.260. The molecule has 2 atom stereocenters. The molecule has 2 aromatic heterocycles. The zero-order valence-corrected chi connectivity index (χ0v) is 12.9. The summed E-state index contributed by atoms with van der Waals surface area (Å²) in [5.74, 6) is -0.650. The highest BCUT2D eigenvalue weighted by atomic mass is 19.4. The highest BCUT2D eigenvalue weighted by Gasteiger charge is 2.54. The Balaban J connectivity index is 2.24. The van der Waals surface area contributed by atoms with Crippen molar-refractivity contribution in [2.24, 2.45) is 0 Å². The highest BCUT2D eigenvalue weighted by Crippen LogP contribution is 2.45. The molecule has 3 heterocycles. The molecule has 25 heavy (non-hydrogen) atoms. The second-order valence-corrected chi connectivity index (χ2v) is 6.09. The van der Waals surface area contributed by atoms with Crippen molar-refractivity contribution in [2.45, 2.75) is 44.3 Å². The van der Waals surface area contributed by atoms with Crippen LogP contribution in [0.1, 0.15) is 36.7 Å². The summed E-state index contributed by atoms with van der Waals surface area (Å²) < 4.78 is 79.3. The van der Waals surface area contributed by atoms with Crippen LogP contribution in [0.3, 0.4) is 0 Å². The highest BCUT2D eigenvalue weighted by molar-refractivity contribution is 5.67. The molecule has 1 aliphatic heterocycles. The molecule has 3 rings (SSSR count). The van der Waals surface area contributed by atoms with Crippen molar-refractivity contribution in [1.29, 1.82) is 0 Å². The van der Waals surface area contributed by atoms with Crippen LogP contribution in [0.4, 0.5) is 26.3 Å². The minimum Gasteiger partial charge on any atom is -0.375 e. The summed E-state index contributed by atoms with van der Waals surface area (Å²) in [4.78, 5) is 0. The molecule has 0 unspecified atom stereocenters. The molecular weight excluding hydrogens is 354 g/mol. The first-order chi connectivity index (χ1) is 11.3. The molecule has 0 bridgehead atoms. The number of nitrogens with zero attached hydrogens (tertiary/aromatic N) is 4. The average molecular weight is 366 g/mol. The lowest BCUT2D eigenvalue weighted by atomic mass is 9.85. The number of hydrogen-bond donors (Lipinski definition) is 1. The fraction of sp³-hybridized carbons (Fsp3) is 0.500. The van der Waals surface area contributed by atoms with Crippen LogP contribution in [-0.4, -0.2) is 31.3 Å². The van der Waals surface area contributed by atoms with E-state index in [1.54, 1.807) is 0 Å². The van der Waals surface area contributed by atoms with Crippen molar-refractivity contribution in [2.75, 3.05) is 0 Å². The Labute approximate surface area is 137 Å². The standard InChI is InChI=1S/C14H12F6N4O/c1-6-5-24-8(3-9(23-24)13(15,16)17)7-4-21-22-11(10(6)7)12(2,25)14(18,19)20/h3-4,6,25H,5H2,1-2H3/t6-,12+/m0/s1. The predicted molar refractivity (Wildman–Crippen MR) is 72.3 cm³/mol. The fourth-order valence-corrected chi connectivity index (χ4v) is 2.85. The van der Waals surface area contributed by atoms with E-state index in [-0.39, 0.29) is 23.4 Å². The third-order valence-corrected chi connectivity index (χ3v) is 4.19. The van der Waals surface area contributed by atoms with E-state index >= 15 is 0 Å². The number of fused-ring (bicyclic) bond motifs is 3. The van der Waals surface area contributed by atoms with Gasteiger partial charge in [0, 0.05) is 18.0 Å². The van der Waals surface area contributed by atoms with Crippen LogP contribution >= 0.6 is 0 Å². The van der Waals surface area contributed by atoms with Gasteiger partial charge in [-0.25, -0.2) is 0 Å². The minimum atomic E-state index is -5.02. The van der Waals surface area contributed by atoms with E-state index in [0.29, 0.717) is 6.92 Å². The summed E-state index contributed by atoms with van der Waals surface area (Å²) >= 11 is 0. The molecule has 0 saturated carbocycles. The molecule has 0 amide bonds. The first kappa shape index (κ1) is 17.6. The Hall–Kier alpha value is -2.17. The Morgan fingerprint density at radius 2 is 1.84 bits per heavy atom. The molecule has 0 aromatic carbocycles. The maximum atomic E-state index is 13.2. The molecule has 5 nitrogen and oxygen atoms in total. The maximum Gasteiger partial charge on any atom is 0.435 e. The molecule has 1 N–H and O–H groups in total. The van der Waals surface area contributed by atoms with Gasteiger partial charge >= 0.3 is 12.4 Å². The molecule has 0 fully saturated rings. The Bertz CT molecular complexity index is 824. The smallest absolute Gasteiger partial charge is 0.375 e. The van der Waals surface area contributed by atoms with E-state index in [1.807, 2.05) is 0 Å². The van der Waals surface area contributed by atoms with Crippen LogP contribution in [0.15, 0.2) is 12.3 Å². The number of aromatic nitrogens is 4. The number of rotatable bonds is 1. The molecule has 1 aliphatic rings. The summed E-state index contributed by atoms with van der Waals surface area (Å²) in [6, 6.07) is 0.748. The van der Waals surface area contributed by atoms with Gasteiger partial charge in [-0.15, -0.1) is 0 Å². The molecule has 2 aromatic rings. The van der Waals surface area contributed by atoms with Crippen LogP contribution < -0.4 is 0 Å². The fourth-order valence-electron chi connectivity index (χ4n) is 2.85. The van der Waals surface area contributed by atoms with Gasteiger partial charge in [0.25, 0.3) is 0 Å². The van der Waals surface area contributed by atoms with Crippen LogP contribution in [0.5, 0.6) is 0 Å². The van der Waals surface area contributed by atoms with Crippen molar-refractivity contribution in [3.05, 3.63) is 29.2 Å². The lowest BCUT2D eigenvalue weighted by Gasteiger charge is -2.32. The minimum absolute atomic E-state index is 0.0125. The number of alkyl halides is 6. The summed E-state index contributed by atoms with van der Waals surface area (Å²) in [5, 5.41) is 20.3. The van der Waals surface area contributed by atoms with Crippen LogP contribution in [0, 0.1) is 0 Å². The Morgan fingerprint density at radius 1 is 1.20 bits per heavy atom. The van der Waals surface area contributed by atoms with Crippen molar-refractivity contribution in [3.8, 4) is 11.3 Å². The van der Waals surface area contributed by atoms with Crippen molar-refractivity contribution in [1.82, 2.24) is 20.0 Å². The van der Waals surface area contributed by atoms with Gasteiger partial charge < -0.3 is 5.11 Å². The predicted octanol–water partition coefficient (Wildman–Crippen LogP) is 3.25. The summed E-state index contributed by atoms with van der Waals surface area (Å²) in [6.45, 7) is 1.98. The number of halogens is 6. The third kappa shape index (κ3) is 2.66. The van der Waals surface area contributed by atoms with Crippen molar-refractivity contribution in [3.63, 3.8) is 0 Å². The second-order valence-electron chi connectivity index (χ2n) is 6.09. The van der Waals surface area contributed by atoms with E-state index in [1.165, 1.54) is 6.92 Å². The normalized spacial score (nSPS) is 20.0. The van der Waals surface area contributed by atoms with Crippen molar-refractivity contribution < 1.29 is 31.4 Å². The number of aliphatic hydroxyl groups is 1. The van der Waals surface area contributed by atoms with Gasteiger partial charge in [0.1, 0.15) is 5.69 Å². The van der Waals surface area contributed by atoms with E-state index < -0.39 is 35.3 Å². The Kier molecular flexibility index (Phi) is 3.64. The van der Waals surface area contributed by atoms with Crippen LogP contribution in [0.25, 0.3) is 11.3 Å². The SMILES string of the molecule is C[C@H]1Cn2nc(C(F)(F)F)cc2-c2cnnc([C@@](C)(O)C(F)(F)F)c21. The molecular formula is C14H12F6N4O. The van der Waals surface area contributed by atoms with Gasteiger partial charge in [0.15, 0.2) is 5.69 Å². The van der Waals surface area contributed by atoms with E-state index in [0.717, 1.165) is 16.9 Å². The van der Waals surface area contributed by atoms with Crippen LogP contribution in [0.2, 0.25) is 0 Å². The topological polar surface area (TPSA) is 63.8 Å². The van der Waals surface area contributed by atoms with E-state index in [2.05, 4.69) is 15.3 Å². The van der Waals surface area contributed by atoms with Gasteiger partial charge in [-0.3, -0.25) is 4.68 Å². The van der Waals surface area contributed by atoms with Gasteiger partial charge in [0.2, 0.25) is 5.60 Å². The van der Waals surface area contributed by atoms with Crippen LogP contribution in [-0.2, 0) is 18.3 Å². The average Bonchev–Trinajstić information content (AvgIpc) is 2.89. The third-order valence-electron chi connectivity index (χ3n) is 4.19. The van der Waals surface area contributed by atoms with Gasteiger partial charge in [-0.2, -0.15) is 41.6 Å². The zero-order valence-electron chi connectivity index (χ0n) is 12.9. The largest absolute Gasteiger partial charge is 0.435 e. The molecule has 0 aliphatic carbocycles. The first-order valence-corrected chi connectivity index (χ1v) is 7.14. The molecule has 0 spiro atoms. The number of hydrogen-bond acceptors (Lipinski definition) is 4. The van der Waals surface area contributed by atoms with E-state index in [9.17, 15) is 31.4 Å². The summed E-state index contributed by atoms with van der Waals surface area (Å²) in [5.41, 5.74) is -5.12. The van der Waals surface area contributed by atoms with Gasteiger partial charge in [-0.1, -0.05) is 6.92 Å². The molecule has 11 heteroatoms. The molecule has 0 radical (unpaired) electrons. The molecule has 0 saturated heterocycles. The van der Waals surface area contributed by atoms with E-state index in [4.69, 9.17) is 0 Å². The first-order valence-electron chi connectivity index (χ1n) is 7.14. The maximum absolute atomic E-state index is 13.2. The zero-order chi connectivity index (χ0) is 18.8. The lowest BCUT2D eigenvalue weighted by Crippen LogP contribution is -2.42. The molecule has 136 valence electrons. The van der Waals surface area contributed by atoms with Gasteiger partial charge in [-0.05, 0) is 18.6 Å². The van der Waals surface area contributed by atoms with Crippen molar-refractivity contribution >= 4 is 0 Å². The second kappa shape index (κ2) is 5.16. The summed E-state index contributed by atoms with van der Waals surface area (Å²) in [6.07, 6.45) is -8.63. The Morgan fingerprint density at radius 3 is 2.40 bits per heavy atom. The van der Waals surface area contributed by atoms with Gasteiger partial charge in [0.05, 0.1) is 11.9 Å².